The summed E-state index contributed by atoms with van der Waals surface area (Å²) in [5.41, 5.74) is 2.00. The average Bonchev–Trinajstić information content (AvgIpc) is 3.03. The van der Waals surface area contributed by atoms with Crippen LogP contribution in [0.25, 0.3) is 11.3 Å². The molecule has 1 aromatic carbocycles. The Hall–Kier alpha value is -1.92. The summed E-state index contributed by atoms with van der Waals surface area (Å²) in [5.74, 6) is 0. The second-order valence-corrected chi connectivity index (χ2v) is 6.43. The SMILES string of the molecule is CC(CCCO)NC(=O)NC(C)c1nc(-c2ccccc2)cs1. The van der Waals surface area contributed by atoms with E-state index in [1.807, 2.05) is 49.6 Å². The minimum Gasteiger partial charge on any atom is -0.396 e. The lowest BCUT2D eigenvalue weighted by Gasteiger charge is -2.16. The number of carbonyl (C=O) groups excluding carboxylic acids is 1. The molecule has 0 aliphatic rings. The summed E-state index contributed by atoms with van der Waals surface area (Å²) in [7, 11) is 0. The van der Waals surface area contributed by atoms with E-state index in [-0.39, 0.29) is 24.7 Å². The first kappa shape index (κ1) is 17.4. The molecule has 1 aromatic heterocycles. The van der Waals surface area contributed by atoms with Crippen LogP contribution in [0.5, 0.6) is 0 Å². The van der Waals surface area contributed by atoms with Crippen LogP contribution < -0.4 is 10.6 Å². The van der Waals surface area contributed by atoms with E-state index < -0.39 is 0 Å². The van der Waals surface area contributed by atoms with Crippen LogP contribution in [0, 0.1) is 0 Å². The highest BCUT2D eigenvalue weighted by Gasteiger charge is 2.15. The summed E-state index contributed by atoms with van der Waals surface area (Å²) in [6, 6.07) is 9.66. The van der Waals surface area contributed by atoms with Crippen LogP contribution in [-0.2, 0) is 0 Å². The number of rotatable bonds is 7. The van der Waals surface area contributed by atoms with Gasteiger partial charge < -0.3 is 15.7 Å². The predicted octanol–water partition coefficient (Wildman–Crippen LogP) is 3.33. The Bertz CT molecular complexity index is 615. The van der Waals surface area contributed by atoms with Crippen LogP contribution >= 0.6 is 11.3 Å². The number of thiazole rings is 1. The van der Waals surface area contributed by atoms with Gasteiger partial charge in [-0.3, -0.25) is 0 Å². The third-order valence-corrected chi connectivity index (χ3v) is 4.51. The predicted molar refractivity (Wildman–Crippen MR) is 93.4 cm³/mol. The number of amides is 2. The van der Waals surface area contributed by atoms with Crippen molar-refractivity contribution in [3.05, 3.63) is 40.7 Å². The normalized spacial score (nSPS) is 13.3. The number of hydrogen-bond acceptors (Lipinski definition) is 4. The Morgan fingerprint density at radius 3 is 2.70 bits per heavy atom. The molecule has 0 spiro atoms. The van der Waals surface area contributed by atoms with Gasteiger partial charge in [-0.25, -0.2) is 9.78 Å². The van der Waals surface area contributed by atoms with Crippen LogP contribution in [0.3, 0.4) is 0 Å². The van der Waals surface area contributed by atoms with E-state index in [2.05, 4.69) is 15.6 Å². The van der Waals surface area contributed by atoms with Gasteiger partial charge in [-0.05, 0) is 26.7 Å². The molecule has 0 radical (unpaired) electrons. The van der Waals surface area contributed by atoms with Gasteiger partial charge in [0.05, 0.1) is 11.7 Å². The van der Waals surface area contributed by atoms with E-state index >= 15 is 0 Å². The number of aliphatic hydroxyl groups is 1. The van der Waals surface area contributed by atoms with Gasteiger partial charge in [0.15, 0.2) is 0 Å². The number of nitrogens with zero attached hydrogens (tertiary/aromatic N) is 1. The Balaban J connectivity index is 1.90. The minimum atomic E-state index is -0.209. The number of carbonyl (C=O) groups is 1. The van der Waals surface area contributed by atoms with E-state index in [4.69, 9.17) is 5.11 Å². The monoisotopic (exact) mass is 333 g/mol. The summed E-state index contributed by atoms with van der Waals surface area (Å²) in [6.45, 7) is 3.99. The molecule has 0 saturated carbocycles. The second kappa shape index (κ2) is 8.64. The fourth-order valence-electron chi connectivity index (χ4n) is 2.22. The van der Waals surface area contributed by atoms with E-state index in [0.717, 1.165) is 22.7 Å². The molecular formula is C17H23N3O2S. The standard InChI is InChI=1S/C17H23N3O2S/c1-12(7-6-10-21)18-17(22)19-13(2)16-20-15(11-23-16)14-8-4-3-5-9-14/h3-5,8-9,11-13,21H,6-7,10H2,1-2H3,(H2,18,19,22). The summed E-state index contributed by atoms with van der Waals surface area (Å²) in [6.07, 6.45) is 1.44. The molecule has 2 rings (SSSR count). The number of aliphatic hydroxyl groups excluding tert-OH is 1. The fourth-order valence-corrected chi connectivity index (χ4v) is 3.06. The maximum atomic E-state index is 12.0. The van der Waals surface area contributed by atoms with Crippen molar-refractivity contribution >= 4 is 17.4 Å². The lowest BCUT2D eigenvalue weighted by molar-refractivity contribution is 0.231. The summed E-state index contributed by atoms with van der Waals surface area (Å²) >= 11 is 1.54. The summed E-state index contributed by atoms with van der Waals surface area (Å²) < 4.78 is 0. The number of benzene rings is 1. The molecule has 5 nitrogen and oxygen atoms in total. The maximum absolute atomic E-state index is 12.0. The summed E-state index contributed by atoms with van der Waals surface area (Å²) in [4.78, 5) is 16.6. The van der Waals surface area contributed by atoms with Crippen molar-refractivity contribution in [2.24, 2.45) is 0 Å². The molecule has 2 amide bonds. The van der Waals surface area contributed by atoms with Crippen LogP contribution in [0.1, 0.15) is 37.7 Å². The largest absolute Gasteiger partial charge is 0.396 e. The van der Waals surface area contributed by atoms with E-state index in [0.29, 0.717) is 6.42 Å². The van der Waals surface area contributed by atoms with Crippen LogP contribution in [0.4, 0.5) is 4.79 Å². The van der Waals surface area contributed by atoms with Gasteiger partial charge >= 0.3 is 6.03 Å². The third-order valence-electron chi connectivity index (χ3n) is 3.48. The Morgan fingerprint density at radius 1 is 1.26 bits per heavy atom. The van der Waals surface area contributed by atoms with Gasteiger partial charge in [0.2, 0.25) is 0 Å². The van der Waals surface area contributed by atoms with Crippen LogP contribution in [0.15, 0.2) is 35.7 Å². The average molecular weight is 333 g/mol. The van der Waals surface area contributed by atoms with Crippen molar-refractivity contribution in [3.63, 3.8) is 0 Å². The first-order valence-electron chi connectivity index (χ1n) is 7.79. The number of aromatic nitrogens is 1. The molecule has 0 aliphatic heterocycles. The lowest BCUT2D eigenvalue weighted by atomic mass is 10.2. The van der Waals surface area contributed by atoms with Gasteiger partial charge in [0, 0.05) is 23.6 Å². The zero-order chi connectivity index (χ0) is 16.7. The number of urea groups is 1. The molecule has 23 heavy (non-hydrogen) atoms. The number of nitrogens with one attached hydrogen (secondary N) is 2. The van der Waals surface area contributed by atoms with Crippen molar-refractivity contribution < 1.29 is 9.90 Å². The van der Waals surface area contributed by atoms with E-state index in [9.17, 15) is 4.79 Å². The maximum Gasteiger partial charge on any atom is 0.315 e. The molecule has 0 aliphatic carbocycles. The smallest absolute Gasteiger partial charge is 0.315 e. The molecule has 3 N–H and O–H groups in total. The van der Waals surface area contributed by atoms with Crippen molar-refractivity contribution in [3.8, 4) is 11.3 Å². The minimum absolute atomic E-state index is 0.0329. The topological polar surface area (TPSA) is 74.2 Å². The van der Waals surface area contributed by atoms with Gasteiger partial charge in [0.25, 0.3) is 0 Å². The molecule has 0 saturated heterocycles. The first-order valence-corrected chi connectivity index (χ1v) is 8.67. The van der Waals surface area contributed by atoms with E-state index in [1.165, 1.54) is 0 Å². The molecule has 2 unspecified atom stereocenters. The zero-order valence-electron chi connectivity index (χ0n) is 13.5. The van der Waals surface area contributed by atoms with Crippen molar-refractivity contribution in [1.82, 2.24) is 15.6 Å². The van der Waals surface area contributed by atoms with Gasteiger partial charge in [-0.1, -0.05) is 30.3 Å². The van der Waals surface area contributed by atoms with Crippen LogP contribution in [0.2, 0.25) is 0 Å². The van der Waals surface area contributed by atoms with Gasteiger partial charge in [-0.15, -0.1) is 11.3 Å². The quantitative estimate of drug-likeness (QED) is 0.727. The second-order valence-electron chi connectivity index (χ2n) is 5.54. The van der Waals surface area contributed by atoms with Crippen LogP contribution in [-0.4, -0.2) is 28.8 Å². The fraction of sp³-hybridized carbons (Fsp3) is 0.412. The highest BCUT2D eigenvalue weighted by atomic mass is 32.1. The lowest BCUT2D eigenvalue weighted by Crippen LogP contribution is -2.41. The van der Waals surface area contributed by atoms with E-state index in [1.54, 1.807) is 11.3 Å². The van der Waals surface area contributed by atoms with Crippen molar-refractivity contribution in [2.45, 2.75) is 38.8 Å². The molecular weight excluding hydrogens is 310 g/mol. The molecule has 6 heteroatoms. The van der Waals surface area contributed by atoms with Crippen molar-refractivity contribution in [2.75, 3.05) is 6.61 Å². The first-order chi connectivity index (χ1) is 11.1. The Kier molecular flexibility index (Phi) is 6.55. The highest BCUT2D eigenvalue weighted by molar-refractivity contribution is 7.10. The molecule has 0 fully saturated rings. The van der Waals surface area contributed by atoms with Gasteiger partial charge in [-0.2, -0.15) is 0 Å². The molecule has 124 valence electrons. The Labute approximate surface area is 140 Å². The summed E-state index contributed by atoms with van der Waals surface area (Å²) in [5, 5.41) is 17.5. The molecule has 2 aromatic rings. The Morgan fingerprint density at radius 2 is 2.00 bits per heavy atom. The van der Waals surface area contributed by atoms with Crippen molar-refractivity contribution in [1.29, 1.82) is 0 Å². The molecule has 2 atom stereocenters. The zero-order valence-corrected chi connectivity index (χ0v) is 14.3. The van der Waals surface area contributed by atoms with Gasteiger partial charge in [0.1, 0.15) is 5.01 Å². The molecule has 1 heterocycles. The molecule has 0 bridgehead atoms. The highest BCUT2D eigenvalue weighted by Crippen LogP contribution is 2.25. The third kappa shape index (κ3) is 5.33. The number of hydrogen-bond donors (Lipinski definition) is 3.